The van der Waals surface area contributed by atoms with Gasteiger partial charge in [-0.25, -0.2) is 4.98 Å². The van der Waals surface area contributed by atoms with E-state index in [2.05, 4.69) is 15.0 Å². The molecule has 1 N–H and O–H groups in total. The van der Waals surface area contributed by atoms with Crippen LogP contribution in [0.1, 0.15) is 21.7 Å². The van der Waals surface area contributed by atoms with Crippen LogP contribution in [-0.2, 0) is 0 Å². The highest BCUT2D eigenvalue weighted by Gasteiger charge is 2.31. The van der Waals surface area contributed by atoms with Crippen molar-refractivity contribution in [2.75, 3.05) is 5.32 Å². The van der Waals surface area contributed by atoms with Crippen molar-refractivity contribution in [3.8, 4) is 5.75 Å². The number of alkyl halides is 3. The number of ether oxygens (including phenoxy) is 1. The second-order valence-corrected chi connectivity index (χ2v) is 5.46. The number of aromatic nitrogens is 2. The molecule has 130 valence electrons. The lowest BCUT2D eigenvalue weighted by Crippen LogP contribution is -2.17. The van der Waals surface area contributed by atoms with Crippen molar-refractivity contribution in [3.63, 3.8) is 0 Å². The van der Waals surface area contributed by atoms with Gasteiger partial charge in [0.15, 0.2) is 0 Å². The second kappa shape index (κ2) is 6.12. The molecular weight excluding hydrogens is 335 g/mol. The summed E-state index contributed by atoms with van der Waals surface area (Å²) >= 11 is 0. The Labute approximate surface area is 141 Å². The fourth-order valence-electron chi connectivity index (χ4n) is 2.52. The van der Waals surface area contributed by atoms with Crippen molar-refractivity contribution in [2.45, 2.75) is 20.2 Å². The standard InChI is InChI=1S/C17H14F3N3O2/c1-10-4-3-9-23-14(11(2)21-15(10)23)16(24)22-12-5-7-13(8-6-12)25-17(18,19)20/h3-9H,1-2H3,(H,22,24). The predicted octanol–water partition coefficient (Wildman–Crippen LogP) is 4.10. The van der Waals surface area contributed by atoms with Crippen molar-refractivity contribution in [1.29, 1.82) is 0 Å². The Morgan fingerprint density at radius 1 is 1.16 bits per heavy atom. The monoisotopic (exact) mass is 349 g/mol. The van der Waals surface area contributed by atoms with Gasteiger partial charge in [0, 0.05) is 11.9 Å². The first-order valence-electron chi connectivity index (χ1n) is 7.36. The Kier molecular flexibility index (Phi) is 4.12. The third-order valence-corrected chi connectivity index (χ3v) is 3.58. The van der Waals surface area contributed by atoms with Crippen molar-refractivity contribution in [2.24, 2.45) is 0 Å². The molecule has 0 saturated heterocycles. The molecule has 0 bridgehead atoms. The van der Waals surface area contributed by atoms with E-state index in [4.69, 9.17) is 0 Å². The third kappa shape index (κ3) is 3.57. The van der Waals surface area contributed by atoms with Crippen molar-refractivity contribution < 1.29 is 22.7 Å². The van der Waals surface area contributed by atoms with Gasteiger partial charge in [0.25, 0.3) is 5.91 Å². The van der Waals surface area contributed by atoms with Crippen LogP contribution in [0.15, 0.2) is 42.6 Å². The maximum Gasteiger partial charge on any atom is 0.573 e. The van der Waals surface area contributed by atoms with Crippen molar-refractivity contribution in [1.82, 2.24) is 9.38 Å². The Morgan fingerprint density at radius 2 is 1.84 bits per heavy atom. The SMILES string of the molecule is Cc1nc2c(C)cccn2c1C(=O)Nc1ccc(OC(F)(F)F)cc1. The zero-order valence-corrected chi connectivity index (χ0v) is 13.4. The summed E-state index contributed by atoms with van der Waals surface area (Å²) in [6, 6.07) is 8.64. The molecule has 0 atom stereocenters. The number of halogens is 3. The summed E-state index contributed by atoms with van der Waals surface area (Å²) in [7, 11) is 0. The molecular formula is C17H14F3N3O2. The van der Waals surface area contributed by atoms with Gasteiger partial charge in [0.05, 0.1) is 5.69 Å². The lowest BCUT2D eigenvalue weighted by molar-refractivity contribution is -0.274. The number of carbonyl (C=O) groups excluding carboxylic acids is 1. The minimum atomic E-state index is -4.75. The second-order valence-electron chi connectivity index (χ2n) is 5.46. The van der Waals surface area contributed by atoms with Crippen LogP contribution in [-0.4, -0.2) is 21.7 Å². The van der Waals surface area contributed by atoms with Crippen LogP contribution in [0, 0.1) is 13.8 Å². The van der Waals surface area contributed by atoms with Crippen LogP contribution in [0.25, 0.3) is 5.65 Å². The summed E-state index contributed by atoms with van der Waals surface area (Å²) < 4.78 is 42.0. The van der Waals surface area contributed by atoms with Gasteiger partial charge >= 0.3 is 6.36 Å². The lowest BCUT2D eigenvalue weighted by atomic mass is 10.2. The van der Waals surface area contributed by atoms with Gasteiger partial charge in [0.2, 0.25) is 0 Å². The van der Waals surface area contributed by atoms with Crippen molar-refractivity contribution >= 4 is 17.2 Å². The van der Waals surface area contributed by atoms with Gasteiger partial charge in [-0.15, -0.1) is 13.2 Å². The molecule has 3 rings (SSSR count). The normalized spacial score (nSPS) is 11.6. The fraction of sp³-hybridized carbons (Fsp3) is 0.176. The predicted molar refractivity (Wildman–Crippen MR) is 85.7 cm³/mol. The Morgan fingerprint density at radius 3 is 2.48 bits per heavy atom. The molecule has 0 radical (unpaired) electrons. The number of nitrogens with zero attached hydrogens (tertiary/aromatic N) is 2. The van der Waals surface area contributed by atoms with Gasteiger partial charge in [-0.1, -0.05) is 6.07 Å². The number of fused-ring (bicyclic) bond motifs is 1. The highest BCUT2D eigenvalue weighted by Crippen LogP contribution is 2.24. The molecule has 2 aromatic heterocycles. The molecule has 0 fully saturated rings. The molecule has 8 heteroatoms. The van der Waals surface area contributed by atoms with Crippen molar-refractivity contribution in [3.05, 3.63) is 59.5 Å². The summed E-state index contributed by atoms with van der Waals surface area (Å²) in [6.45, 7) is 3.62. The summed E-state index contributed by atoms with van der Waals surface area (Å²) in [5.41, 5.74) is 2.89. The molecule has 0 saturated carbocycles. The number of amides is 1. The Bertz CT molecular complexity index is 931. The first-order chi connectivity index (χ1) is 11.7. The van der Waals surface area contributed by atoms with E-state index in [0.29, 0.717) is 22.7 Å². The maximum atomic E-state index is 12.6. The molecule has 1 amide bonds. The van der Waals surface area contributed by atoms with Gasteiger partial charge in [0.1, 0.15) is 17.1 Å². The number of aryl methyl sites for hydroxylation is 2. The van der Waals surface area contributed by atoms with Crippen LogP contribution in [0.3, 0.4) is 0 Å². The van der Waals surface area contributed by atoms with E-state index in [1.807, 2.05) is 19.1 Å². The van der Waals surface area contributed by atoms with Crippen LogP contribution >= 0.6 is 0 Å². The molecule has 2 heterocycles. The van der Waals surface area contributed by atoms with E-state index in [9.17, 15) is 18.0 Å². The zero-order valence-electron chi connectivity index (χ0n) is 13.4. The van der Waals surface area contributed by atoms with E-state index in [-0.39, 0.29) is 5.75 Å². The largest absolute Gasteiger partial charge is 0.573 e. The number of pyridine rings is 1. The van der Waals surface area contributed by atoms with Gasteiger partial charge < -0.3 is 10.1 Å². The van der Waals surface area contributed by atoms with Crippen LogP contribution in [0.2, 0.25) is 0 Å². The number of rotatable bonds is 3. The number of hydrogen-bond donors (Lipinski definition) is 1. The van der Waals surface area contributed by atoms with Crippen LogP contribution in [0.5, 0.6) is 5.75 Å². The minimum Gasteiger partial charge on any atom is -0.406 e. The Hall–Kier alpha value is -3.03. The average Bonchev–Trinajstić information content (AvgIpc) is 2.85. The smallest absolute Gasteiger partial charge is 0.406 e. The third-order valence-electron chi connectivity index (χ3n) is 3.58. The molecule has 3 aromatic rings. The quantitative estimate of drug-likeness (QED) is 0.774. The first kappa shape index (κ1) is 16.8. The van der Waals surface area contributed by atoms with Gasteiger partial charge in [-0.3, -0.25) is 9.20 Å². The molecule has 0 unspecified atom stereocenters. The zero-order chi connectivity index (χ0) is 18.2. The average molecular weight is 349 g/mol. The lowest BCUT2D eigenvalue weighted by Gasteiger charge is -2.10. The number of benzene rings is 1. The highest BCUT2D eigenvalue weighted by molar-refractivity contribution is 6.04. The molecule has 25 heavy (non-hydrogen) atoms. The number of carbonyl (C=O) groups is 1. The number of nitrogens with one attached hydrogen (secondary N) is 1. The van der Waals surface area contributed by atoms with E-state index in [0.717, 1.165) is 17.7 Å². The first-order valence-corrected chi connectivity index (χ1v) is 7.36. The van der Waals surface area contributed by atoms with Crippen LogP contribution in [0.4, 0.5) is 18.9 Å². The highest BCUT2D eigenvalue weighted by atomic mass is 19.4. The Balaban J connectivity index is 1.83. The summed E-state index contributed by atoms with van der Waals surface area (Å²) in [6.07, 6.45) is -3.02. The molecule has 0 spiro atoms. The summed E-state index contributed by atoms with van der Waals surface area (Å²) in [5.74, 6) is -0.757. The molecule has 1 aromatic carbocycles. The molecule has 0 aliphatic rings. The van der Waals surface area contributed by atoms with Gasteiger partial charge in [-0.05, 0) is 49.7 Å². The molecule has 0 aliphatic carbocycles. The van der Waals surface area contributed by atoms with E-state index >= 15 is 0 Å². The summed E-state index contributed by atoms with van der Waals surface area (Å²) in [4.78, 5) is 16.9. The number of anilines is 1. The van der Waals surface area contributed by atoms with Crippen LogP contribution < -0.4 is 10.1 Å². The van der Waals surface area contributed by atoms with E-state index < -0.39 is 12.3 Å². The molecule has 5 nitrogen and oxygen atoms in total. The molecule has 0 aliphatic heterocycles. The van der Waals surface area contributed by atoms with E-state index in [1.165, 1.54) is 12.1 Å². The maximum absolute atomic E-state index is 12.6. The number of imidazole rings is 1. The fourth-order valence-corrected chi connectivity index (χ4v) is 2.52. The van der Waals surface area contributed by atoms with E-state index in [1.54, 1.807) is 17.5 Å². The minimum absolute atomic E-state index is 0.349. The number of hydrogen-bond acceptors (Lipinski definition) is 3. The topological polar surface area (TPSA) is 55.6 Å². The van der Waals surface area contributed by atoms with Gasteiger partial charge in [-0.2, -0.15) is 0 Å². The summed E-state index contributed by atoms with van der Waals surface area (Å²) in [5, 5.41) is 2.65.